The molecule has 1 aliphatic rings. The van der Waals surface area contributed by atoms with Crippen molar-refractivity contribution >= 4 is 11.8 Å². The van der Waals surface area contributed by atoms with E-state index in [0.29, 0.717) is 0 Å². The number of furan rings is 1. The third-order valence-electron chi connectivity index (χ3n) is 4.28. The molecule has 24 heavy (non-hydrogen) atoms. The van der Waals surface area contributed by atoms with Crippen molar-refractivity contribution in [3.63, 3.8) is 0 Å². The average Bonchev–Trinajstić information content (AvgIpc) is 3.14. The van der Waals surface area contributed by atoms with Gasteiger partial charge in [0.15, 0.2) is 11.0 Å². The van der Waals surface area contributed by atoms with Gasteiger partial charge in [0.05, 0.1) is 17.5 Å². The SMILES string of the molecule is Cc1occc1-c1nnc(Sc2ncnc3c2CN(C)CC3)n1C. The molecule has 124 valence electrons. The molecule has 3 aromatic heterocycles. The highest BCUT2D eigenvalue weighted by Crippen LogP contribution is 2.32. The maximum absolute atomic E-state index is 5.37. The van der Waals surface area contributed by atoms with E-state index in [-0.39, 0.29) is 0 Å². The predicted octanol–water partition coefficient (Wildman–Crippen LogP) is 2.31. The Morgan fingerprint density at radius 1 is 1.21 bits per heavy atom. The fourth-order valence-corrected chi connectivity index (χ4v) is 3.76. The molecule has 3 aromatic rings. The van der Waals surface area contributed by atoms with Crippen LogP contribution in [-0.2, 0) is 20.0 Å². The van der Waals surface area contributed by atoms with Crippen LogP contribution in [0.3, 0.4) is 0 Å². The Bertz CT molecular complexity index is 887. The van der Waals surface area contributed by atoms with Crippen molar-refractivity contribution in [2.24, 2.45) is 7.05 Å². The summed E-state index contributed by atoms with van der Waals surface area (Å²) >= 11 is 1.54. The molecule has 4 rings (SSSR count). The zero-order valence-corrected chi connectivity index (χ0v) is 14.7. The first kappa shape index (κ1) is 15.3. The summed E-state index contributed by atoms with van der Waals surface area (Å²) in [5.74, 6) is 1.63. The minimum absolute atomic E-state index is 0.795. The number of aromatic nitrogens is 5. The van der Waals surface area contributed by atoms with Crippen molar-refractivity contribution in [3.8, 4) is 11.4 Å². The van der Waals surface area contributed by atoms with E-state index < -0.39 is 0 Å². The fourth-order valence-electron chi connectivity index (χ4n) is 2.88. The van der Waals surface area contributed by atoms with Crippen LogP contribution in [-0.4, -0.2) is 43.2 Å². The largest absolute Gasteiger partial charge is 0.469 e. The Morgan fingerprint density at radius 3 is 2.88 bits per heavy atom. The summed E-state index contributed by atoms with van der Waals surface area (Å²) in [4.78, 5) is 11.2. The van der Waals surface area contributed by atoms with E-state index in [1.807, 2.05) is 24.6 Å². The molecule has 0 atom stereocenters. The van der Waals surface area contributed by atoms with Crippen LogP contribution in [0.4, 0.5) is 0 Å². The summed E-state index contributed by atoms with van der Waals surface area (Å²) in [5.41, 5.74) is 3.29. The van der Waals surface area contributed by atoms with Gasteiger partial charge in [0.2, 0.25) is 0 Å². The van der Waals surface area contributed by atoms with Crippen LogP contribution >= 0.6 is 11.8 Å². The number of hydrogen-bond donors (Lipinski definition) is 0. The van der Waals surface area contributed by atoms with Gasteiger partial charge in [0.1, 0.15) is 17.1 Å². The van der Waals surface area contributed by atoms with Gasteiger partial charge in [0.25, 0.3) is 0 Å². The number of hydrogen-bond acceptors (Lipinski definition) is 7. The van der Waals surface area contributed by atoms with E-state index in [4.69, 9.17) is 4.42 Å². The van der Waals surface area contributed by atoms with E-state index in [1.54, 1.807) is 12.6 Å². The second kappa shape index (κ2) is 6.03. The molecule has 0 aromatic carbocycles. The first-order valence-electron chi connectivity index (χ1n) is 7.76. The van der Waals surface area contributed by atoms with Crippen LogP contribution in [0, 0.1) is 6.92 Å². The number of fused-ring (bicyclic) bond motifs is 1. The molecular weight excluding hydrogens is 324 g/mol. The average molecular weight is 342 g/mol. The van der Waals surface area contributed by atoms with E-state index >= 15 is 0 Å². The summed E-state index contributed by atoms with van der Waals surface area (Å²) in [6.45, 7) is 3.82. The number of nitrogens with zero attached hydrogens (tertiary/aromatic N) is 6. The van der Waals surface area contributed by atoms with Crippen molar-refractivity contribution in [2.45, 2.75) is 30.1 Å². The molecule has 0 unspecified atom stereocenters. The maximum Gasteiger partial charge on any atom is 0.197 e. The Labute approximate surface area is 144 Å². The lowest BCUT2D eigenvalue weighted by atomic mass is 10.1. The van der Waals surface area contributed by atoms with Gasteiger partial charge in [0, 0.05) is 32.1 Å². The number of likely N-dealkylation sites (N-methyl/N-ethyl adjacent to an activating group) is 1. The van der Waals surface area contributed by atoms with Crippen molar-refractivity contribution in [3.05, 3.63) is 35.7 Å². The van der Waals surface area contributed by atoms with Crippen LogP contribution in [0.25, 0.3) is 11.4 Å². The molecule has 0 amide bonds. The van der Waals surface area contributed by atoms with Gasteiger partial charge in [-0.05, 0) is 31.8 Å². The second-order valence-corrected chi connectivity index (χ2v) is 6.91. The minimum Gasteiger partial charge on any atom is -0.469 e. The lowest BCUT2D eigenvalue weighted by Gasteiger charge is -2.25. The molecule has 8 heteroatoms. The monoisotopic (exact) mass is 342 g/mol. The molecule has 0 N–H and O–H groups in total. The van der Waals surface area contributed by atoms with E-state index in [9.17, 15) is 0 Å². The highest BCUT2D eigenvalue weighted by Gasteiger charge is 2.22. The Kier molecular flexibility index (Phi) is 3.85. The van der Waals surface area contributed by atoms with Crippen LogP contribution < -0.4 is 0 Å². The predicted molar refractivity (Wildman–Crippen MR) is 89.6 cm³/mol. The Hall–Kier alpha value is -2.19. The first-order valence-corrected chi connectivity index (χ1v) is 8.58. The van der Waals surface area contributed by atoms with Gasteiger partial charge < -0.3 is 13.9 Å². The highest BCUT2D eigenvalue weighted by molar-refractivity contribution is 7.99. The molecule has 0 radical (unpaired) electrons. The number of aryl methyl sites for hydroxylation is 1. The zero-order chi connectivity index (χ0) is 16.7. The maximum atomic E-state index is 5.37. The van der Waals surface area contributed by atoms with Gasteiger partial charge in [-0.3, -0.25) is 0 Å². The first-order chi connectivity index (χ1) is 11.6. The van der Waals surface area contributed by atoms with E-state index in [0.717, 1.165) is 52.5 Å². The molecule has 0 saturated carbocycles. The smallest absolute Gasteiger partial charge is 0.197 e. The topological polar surface area (TPSA) is 72.9 Å². The zero-order valence-electron chi connectivity index (χ0n) is 13.9. The van der Waals surface area contributed by atoms with Crippen molar-refractivity contribution in [1.82, 2.24) is 29.6 Å². The standard InChI is InChI=1S/C16H18N6OS/c1-10-11(5-7-23-10)14-19-20-16(22(14)3)24-15-12-8-21(2)6-4-13(12)17-9-18-15/h5,7,9H,4,6,8H2,1-3H3. The third-order valence-corrected chi connectivity index (χ3v) is 5.36. The van der Waals surface area contributed by atoms with Crippen molar-refractivity contribution in [2.75, 3.05) is 13.6 Å². The van der Waals surface area contributed by atoms with Crippen LogP contribution in [0.1, 0.15) is 17.0 Å². The molecular formula is C16H18N6OS. The molecule has 0 saturated heterocycles. The Balaban J connectivity index is 1.68. The second-order valence-electron chi connectivity index (χ2n) is 5.95. The quantitative estimate of drug-likeness (QED) is 0.676. The van der Waals surface area contributed by atoms with Crippen LogP contribution in [0.5, 0.6) is 0 Å². The third kappa shape index (κ3) is 2.61. The fraction of sp³-hybridized carbons (Fsp3) is 0.375. The summed E-state index contributed by atoms with van der Waals surface area (Å²) in [7, 11) is 4.08. The van der Waals surface area contributed by atoms with Gasteiger partial charge in [-0.15, -0.1) is 10.2 Å². The van der Waals surface area contributed by atoms with Gasteiger partial charge in [-0.2, -0.15) is 0 Å². The van der Waals surface area contributed by atoms with Crippen LogP contribution in [0.2, 0.25) is 0 Å². The van der Waals surface area contributed by atoms with Crippen LogP contribution in [0.15, 0.2) is 33.3 Å². The normalized spacial score (nSPS) is 14.8. The van der Waals surface area contributed by atoms with Crippen molar-refractivity contribution < 1.29 is 4.42 Å². The van der Waals surface area contributed by atoms with Crippen molar-refractivity contribution in [1.29, 1.82) is 0 Å². The van der Waals surface area contributed by atoms with Gasteiger partial charge in [-0.1, -0.05) is 0 Å². The minimum atomic E-state index is 0.795. The summed E-state index contributed by atoms with van der Waals surface area (Å²) in [6.07, 6.45) is 4.27. The molecule has 0 spiro atoms. The molecule has 7 nitrogen and oxygen atoms in total. The lowest BCUT2D eigenvalue weighted by molar-refractivity contribution is 0.305. The van der Waals surface area contributed by atoms with Gasteiger partial charge >= 0.3 is 0 Å². The molecule has 0 aliphatic carbocycles. The molecule has 0 bridgehead atoms. The number of rotatable bonds is 3. The van der Waals surface area contributed by atoms with E-state index in [2.05, 4.69) is 32.1 Å². The summed E-state index contributed by atoms with van der Waals surface area (Å²) in [5, 5.41) is 10.4. The molecule has 0 fully saturated rings. The molecule has 1 aliphatic heterocycles. The summed E-state index contributed by atoms with van der Waals surface area (Å²) < 4.78 is 7.35. The Morgan fingerprint density at radius 2 is 2.08 bits per heavy atom. The van der Waals surface area contributed by atoms with E-state index in [1.165, 1.54) is 17.3 Å². The lowest BCUT2D eigenvalue weighted by Crippen LogP contribution is -2.28. The highest BCUT2D eigenvalue weighted by atomic mass is 32.2. The summed E-state index contributed by atoms with van der Waals surface area (Å²) in [6, 6.07) is 1.91. The molecule has 4 heterocycles. The van der Waals surface area contributed by atoms with Gasteiger partial charge in [-0.25, -0.2) is 9.97 Å².